The molecule has 0 bridgehead atoms. The van der Waals surface area contributed by atoms with E-state index in [1.54, 1.807) is 0 Å². The quantitative estimate of drug-likeness (QED) is 0.738. The summed E-state index contributed by atoms with van der Waals surface area (Å²) in [6.07, 6.45) is 4.32. The number of rotatable bonds is 3. The number of nitrogens with one attached hydrogen (secondary N) is 1. The predicted molar refractivity (Wildman–Crippen MR) is 72.8 cm³/mol. The molecule has 3 aliphatic rings. The van der Waals surface area contributed by atoms with Crippen LogP contribution in [0.5, 0.6) is 0 Å². The highest BCUT2D eigenvalue weighted by Gasteiger charge is 2.40. The van der Waals surface area contributed by atoms with Crippen LogP contribution in [0.2, 0.25) is 0 Å². The van der Waals surface area contributed by atoms with Gasteiger partial charge in [-0.1, -0.05) is 0 Å². The van der Waals surface area contributed by atoms with Crippen molar-refractivity contribution in [3.63, 3.8) is 0 Å². The molecule has 20 heavy (non-hydrogen) atoms. The second-order valence-corrected chi connectivity index (χ2v) is 6.31. The van der Waals surface area contributed by atoms with Gasteiger partial charge < -0.3 is 20.7 Å². The molecule has 0 spiro atoms. The van der Waals surface area contributed by atoms with Gasteiger partial charge in [0.15, 0.2) is 0 Å². The number of likely N-dealkylation sites (tertiary alicyclic amines) is 1. The lowest BCUT2D eigenvalue weighted by Gasteiger charge is -2.34. The molecule has 0 aromatic carbocycles. The summed E-state index contributed by atoms with van der Waals surface area (Å²) in [5, 5.41) is 3.02. The average Bonchev–Trinajstić information content (AvgIpc) is 3.21. The lowest BCUT2D eigenvalue weighted by molar-refractivity contribution is -0.133. The van der Waals surface area contributed by atoms with Crippen molar-refractivity contribution < 1.29 is 14.3 Å². The Morgan fingerprint density at radius 3 is 2.45 bits per heavy atom. The van der Waals surface area contributed by atoms with Crippen molar-refractivity contribution in [3.8, 4) is 0 Å². The summed E-state index contributed by atoms with van der Waals surface area (Å²) in [6.45, 7) is 2.35. The molecule has 6 nitrogen and oxygen atoms in total. The topological polar surface area (TPSA) is 84.7 Å². The molecule has 2 heterocycles. The van der Waals surface area contributed by atoms with Crippen molar-refractivity contribution in [1.29, 1.82) is 0 Å². The highest BCUT2D eigenvalue weighted by molar-refractivity contribution is 5.87. The normalized spacial score (nSPS) is 31.4. The Morgan fingerprint density at radius 2 is 1.90 bits per heavy atom. The lowest BCUT2D eigenvalue weighted by atomic mass is 9.97. The highest BCUT2D eigenvalue weighted by Crippen LogP contribution is 2.31. The molecule has 0 aromatic rings. The first-order valence-corrected chi connectivity index (χ1v) is 7.55. The maximum Gasteiger partial charge on any atom is 0.242 e. The Kier molecular flexibility index (Phi) is 3.69. The van der Waals surface area contributed by atoms with Crippen molar-refractivity contribution >= 4 is 11.8 Å². The van der Waals surface area contributed by atoms with Gasteiger partial charge in [-0.3, -0.25) is 9.59 Å². The average molecular weight is 281 g/mol. The molecule has 2 saturated heterocycles. The number of amides is 2. The van der Waals surface area contributed by atoms with Crippen molar-refractivity contribution in [2.45, 2.75) is 43.7 Å². The van der Waals surface area contributed by atoms with Crippen LogP contribution in [-0.2, 0) is 14.3 Å². The van der Waals surface area contributed by atoms with Crippen molar-refractivity contribution in [1.82, 2.24) is 10.2 Å². The van der Waals surface area contributed by atoms with Gasteiger partial charge in [0.05, 0.1) is 6.61 Å². The number of ether oxygens (including phenoxy) is 1. The maximum atomic E-state index is 12.2. The third kappa shape index (κ3) is 2.81. The fourth-order valence-corrected chi connectivity index (χ4v) is 2.92. The van der Waals surface area contributed by atoms with Crippen LogP contribution in [-0.4, -0.2) is 54.6 Å². The van der Waals surface area contributed by atoms with Crippen molar-refractivity contribution in [3.05, 3.63) is 0 Å². The van der Waals surface area contributed by atoms with Gasteiger partial charge in [0.1, 0.15) is 5.54 Å². The molecule has 1 unspecified atom stereocenters. The number of hydrogen-bond acceptors (Lipinski definition) is 4. The van der Waals surface area contributed by atoms with Crippen molar-refractivity contribution in [2.24, 2.45) is 11.7 Å². The van der Waals surface area contributed by atoms with Crippen LogP contribution < -0.4 is 11.1 Å². The fourth-order valence-electron chi connectivity index (χ4n) is 2.92. The van der Waals surface area contributed by atoms with Crippen LogP contribution >= 0.6 is 0 Å². The molecular weight excluding hydrogens is 258 g/mol. The largest absolute Gasteiger partial charge is 0.379 e. The van der Waals surface area contributed by atoms with Crippen LogP contribution in [0.25, 0.3) is 0 Å². The van der Waals surface area contributed by atoms with E-state index in [0.717, 1.165) is 38.8 Å². The molecule has 0 aromatic heterocycles. The van der Waals surface area contributed by atoms with Crippen LogP contribution in [0.15, 0.2) is 0 Å². The third-order valence-electron chi connectivity index (χ3n) is 4.57. The first kappa shape index (κ1) is 13.8. The van der Waals surface area contributed by atoms with Gasteiger partial charge in [0.2, 0.25) is 11.8 Å². The van der Waals surface area contributed by atoms with Gasteiger partial charge in [-0.25, -0.2) is 0 Å². The smallest absolute Gasteiger partial charge is 0.242 e. The molecule has 0 radical (unpaired) electrons. The summed E-state index contributed by atoms with van der Waals surface area (Å²) in [6, 6.07) is 0.131. The number of carbonyl (C=O) groups is 2. The Morgan fingerprint density at radius 1 is 1.20 bits per heavy atom. The molecule has 1 saturated carbocycles. The van der Waals surface area contributed by atoms with E-state index in [9.17, 15) is 9.59 Å². The van der Waals surface area contributed by atoms with Gasteiger partial charge >= 0.3 is 0 Å². The zero-order valence-corrected chi connectivity index (χ0v) is 11.8. The third-order valence-corrected chi connectivity index (χ3v) is 4.57. The number of nitrogens with zero attached hydrogens (tertiary/aromatic N) is 1. The molecule has 1 atom stereocenters. The van der Waals surface area contributed by atoms with E-state index in [1.165, 1.54) is 0 Å². The summed E-state index contributed by atoms with van der Waals surface area (Å²) in [4.78, 5) is 26.1. The van der Waals surface area contributed by atoms with Gasteiger partial charge in [0, 0.05) is 31.7 Å². The maximum absolute atomic E-state index is 12.2. The monoisotopic (exact) mass is 281 g/mol. The van der Waals surface area contributed by atoms with E-state index in [-0.39, 0.29) is 17.9 Å². The van der Waals surface area contributed by atoms with E-state index in [2.05, 4.69) is 5.32 Å². The first-order valence-electron chi connectivity index (χ1n) is 7.55. The van der Waals surface area contributed by atoms with Gasteiger partial charge in [0.25, 0.3) is 0 Å². The number of piperidine rings is 1. The van der Waals surface area contributed by atoms with Crippen LogP contribution in [0.4, 0.5) is 0 Å². The minimum Gasteiger partial charge on any atom is -0.379 e. The van der Waals surface area contributed by atoms with E-state index in [1.807, 2.05) is 4.90 Å². The molecule has 2 amide bonds. The molecule has 3 rings (SSSR count). The van der Waals surface area contributed by atoms with Crippen LogP contribution in [0.3, 0.4) is 0 Å². The van der Waals surface area contributed by atoms with Crippen LogP contribution in [0, 0.1) is 5.92 Å². The number of nitrogens with two attached hydrogens (primary N) is 1. The van der Waals surface area contributed by atoms with E-state index < -0.39 is 5.54 Å². The van der Waals surface area contributed by atoms with Crippen LogP contribution in [0.1, 0.15) is 32.1 Å². The Hall–Kier alpha value is -1.14. The van der Waals surface area contributed by atoms with E-state index in [0.29, 0.717) is 25.5 Å². The zero-order valence-electron chi connectivity index (χ0n) is 11.8. The second kappa shape index (κ2) is 5.33. The predicted octanol–water partition coefficient (Wildman–Crippen LogP) is -0.379. The number of hydrogen-bond donors (Lipinski definition) is 2. The molecule has 2 aliphatic heterocycles. The molecule has 6 heteroatoms. The second-order valence-electron chi connectivity index (χ2n) is 6.31. The first-order chi connectivity index (χ1) is 9.58. The zero-order chi connectivity index (χ0) is 14.2. The Balaban J connectivity index is 1.46. The summed E-state index contributed by atoms with van der Waals surface area (Å²) in [5.74, 6) is 0.473. The molecule has 3 fully saturated rings. The standard InChI is InChI=1S/C14H23N3O3/c15-14(5-8-20-9-14)13(19)16-11-3-6-17(7-4-11)12(18)10-1-2-10/h10-11H,1-9,15H2,(H,16,19). The fraction of sp³-hybridized carbons (Fsp3) is 0.857. The SMILES string of the molecule is NC1(C(=O)NC2CCN(C(=O)C3CC3)CC2)CCOC1. The minimum absolute atomic E-state index is 0.109. The summed E-state index contributed by atoms with van der Waals surface area (Å²) < 4.78 is 5.21. The van der Waals surface area contributed by atoms with Gasteiger partial charge in [-0.15, -0.1) is 0 Å². The number of carbonyl (C=O) groups excluding carboxylic acids is 2. The Bertz CT molecular complexity index is 394. The lowest BCUT2D eigenvalue weighted by Crippen LogP contribution is -2.58. The Labute approximate surface area is 119 Å². The molecule has 3 N–H and O–H groups in total. The van der Waals surface area contributed by atoms with E-state index in [4.69, 9.17) is 10.5 Å². The van der Waals surface area contributed by atoms with E-state index >= 15 is 0 Å². The molecule has 112 valence electrons. The molecular formula is C14H23N3O3. The van der Waals surface area contributed by atoms with Crippen molar-refractivity contribution in [2.75, 3.05) is 26.3 Å². The summed E-state index contributed by atoms with van der Waals surface area (Å²) >= 11 is 0. The van der Waals surface area contributed by atoms with Gasteiger partial charge in [-0.2, -0.15) is 0 Å². The van der Waals surface area contributed by atoms with Gasteiger partial charge in [-0.05, 0) is 32.1 Å². The highest BCUT2D eigenvalue weighted by atomic mass is 16.5. The minimum atomic E-state index is -0.860. The summed E-state index contributed by atoms with van der Waals surface area (Å²) in [7, 11) is 0. The summed E-state index contributed by atoms with van der Waals surface area (Å²) in [5.41, 5.74) is 5.18. The molecule has 1 aliphatic carbocycles.